The number of aliphatic hydroxyl groups excluding tert-OH is 1. The fourth-order valence-corrected chi connectivity index (χ4v) is 2.29. The summed E-state index contributed by atoms with van der Waals surface area (Å²) in [6.07, 6.45) is 0.546. The molecule has 0 saturated carbocycles. The van der Waals surface area contributed by atoms with Gasteiger partial charge >= 0.3 is 0 Å². The number of hydrogen-bond donors (Lipinski definition) is 2. The van der Waals surface area contributed by atoms with Crippen LogP contribution in [0.3, 0.4) is 0 Å². The Labute approximate surface area is 99.6 Å². The van der Waals surface area contributed by atoms with Gasteiger partial charge in [-0.2, -0.15) is 0 Å². The van der Waals surface area contributed by atoms with E-state index in [-0.39, 0.29) is 6.54 Å². The Hall–Kier alpha value is -0.380. The van der Waals surface area contributed by atoms with E-state index < -0.39 is 6.10 Å². The minimum Gasteiger partial charge on any atom is -0.387 e. The zero-order chi connectivity index (χ0) is 11.4. The van der Waals surface area contributed by atoms with Gasteiger partial charge in [0.25, 0.3) is 0 Å². The van der Waals surface area contributed by atoms with E-state index in [9.17, 15) is 5.11 Å². The van der Waals surface area contributed by atoms with Crippen molar-refractivity contribution in [2.24, 2.45) is 5.73 Å². The van der Waals surface area contributed by atoms with Gasteiger partial charge in [-0.25, -0.2) is 0 Å². The van der Waals surface area contributed by atoms with Crippen molar-refractivity contribution in [3.63, 3.8) is 0 Å². The molecule has 0 heterocycles. The Balaban J connectivity index is 2.97. The largest absolute Gasteiger partial charge is 0.387 e. The van der Waals surface area contributed by atoms with Crippen molar-refractivity contribution in [3.8, 4) is 0 Å². The number of aliphatic hydroxyl groups is 1. The monoisotopic (exact) mass is 271 g/mol. The molecule has 2 atom stereocenters. The van der Waals surface area contributed by atoms with Crippen LogP contribution in [0.25, 0.3) is 0 Å². The third-order valence-corrected chi connectivity index (χ3v) is 3.46. The molecule has 0 fully saturated rings. The molecule has 0 aromatic heterocycles. The lowest BCUT2D eigenvalue weighted by atomic mass is 9.96. The molecule has 2 unspecified atom stereocenters. The van der Waals surface area contributed by atoms with Crippen LogP contribution in [-0.4, -0.2) is 11.7 Å². The molecule has 1 aromatic rings. The van der Waals surface area contributed by atoms with Crippen molar-refractivity contribution in [2.45, 2.75) is 32.3 Å². The molecule has 1 rings (SSSR count). The molecule has 0 aliphatic carbocycles. The summed E-state index contributed by atoms with van der Waals surface area (Å²) in [6.45, 7) is 4.62. The Morgan fingerprint density at radius 2 is 2.13 bits per heavy atom. The van der Waals surface area contributed by atoms with Gasteiger partial charge in [0.2, 0.25) is 0 Å². The van der Waals surface area contributed by atoms with Gasteiger partial charge in [0.1, 0.15) is 0 Å². The fraction of sp³-hybridized carbons (Fsp3) is 0.500. The maximum Gasteiger partial charge on any atom is 0.0912 e. The molecule has 0 saturated heterocycles. The van der Waals surface area contributed by atoms with Crippen LogP contribution in [0.2, 0.25) is 0 Å². The van der Waals surface area contributed by atoms with Crippen molar-refractivity contribution in [1.82, 2.24) is 0 Å². The maximum atomic E-state index is 9.59. The van der Waals surface area contributed by atoms with E-state index in [4.69, 9.17) is 5.73 Å². The predicted molar refractivity (Wildman–Crippen MR) is 66.9 cm³/mol. The lowest BCUT2D eigenvalue weighted by molar-refractivity contribution is 0.186. The Bertz CT molecular complexity index is 327. The van der Waals surface area contributed by atoms with Gasteiger partial charge in [0, 0.05) is 11.0 Å². The Morgan fingerprint density at radius 3 is 2.60 bits per heavy atom. The number of benzene rings is 1. The van der Waals surface area contributed by atoms with Gasteiger partial charge in [0.15, 0.2) is 0 Å². The molecule has 2 nitrogen and oxygen atoms in total. The van der Waals surface area contributed by atoms with E-state index in [1.807, 2.05) is 12.1 Å². The first-order chi connectivity index (χ1) is 7.10. The molecular weight excluding hydrogens is 254 g/mol. The Morgan fingerprint density at radius 1 is 1.47 bits per heavy atom. The number of nitrogens with two attached hydrogens (primary N) is 1. The van der Waals surface area contributed by atoms with E-state index in [2.05, 4.69) is 35.8 Å². The summed E-state index contributed by atoms with van der Waals surface area (Å²) < 4.78 is 1.06. The van der Waals surface area contributed by atoms with Gasteiger partial charge in [-0.3, -0.25) is 0 Å². The van der Waals surface area contributed by atoms with Crippen molar-refractivity contribution < 1.29 is 5.11 Å². The van der Waals surface area contributed by atoms with E-state index in [1.165, 1.54) is 5.56 Å². The molecule has 15 heavy (non-hydrogen) atoms. The zero-order valence-electron chi connectivity index (χ0n) is 9.20. The highest BCUT2D eigenvalue weighted by Gasteiger charge is 2.11. The van der Waals surface area contributed by atoms with E-state index in [0.29, 0.717) is 5.92 Å². The second kappa shape index (κ2) is 5.64. The average molecular weight is 272 g/mol. The first-order valence-electron chi connectivity index (χ1n) is 5.27. The molecule has 3 heteroatoms. The highest BCUT2D eigenvalue weighted by atomic mass is 79.9. The molecule has 3 N–H and O–H groups in total. The van der Waals surface area contributed by atoms with Crippen LogP contribution in [0, 0.1) is 0 Å². The molecule has 0 aliphatic heterocycles. The number of hydrogen-bond acceptors (Lipinski definition) is 2. The third-order valence-electron chi connectivity index (χ3n) is 2.78. The number of rotatable bonds is 4. The molecule has 84 valence electrons. The average Bonchev–Trinajstić information content (AvgIpc) is 2.26. The summed E-state index contributed by atoms with van der Waals surface area (Å²) in [5, 5.41) is 9.59. The van der Waals surface area contributed by atoms with Crippen LogP contribution in [0.4, 0.5) is 0 Å². The van der Waals surface area contributed by atoms with Crippen LogP contribution in [0.15, 0.2) is 22.7 Å². The van der Waals surface area contributed by atoms with Gasteiger partial charge in [-0.15, -0.1) is 0 Å². The third kappa shape index (κ3) is 3.03. The lowest BCUT2D eigenvalue weighted by Gasteiger charge is -2.14. The smallest absolute Gasteiger partial charge is 0.0912 e. The van der Waals surface area contributed by atoms with Crippen molar-refractivity contribution in [2.75, 3.05) is 6.54 Å². The Kier molecular flexibility index (Phi) is 4.77. The molecule has 1 aromatic carbocycles. The summed E-state index contributed by atoms with van der Waals surface area (Å²) >= 11 is 3.53. The highest BCUT2D eigenvalue weighted by molar-refractivity contribution is 9.10. The second-order valence-electron chi connectivity index (χ2n) is 3.84. The fourth-order valence-electron chi connectivity index (χ4n) is 1.51. The van der Waals surface area contributed by atoms with Crippen LogP contribution >= 0.6 is 15.9 Å². The first kappa shape index (κ1) is 12.7. The van der Waals surface area contributed by atoms with Crippen molar-refractivity contribution in [1.29, 1.82) is 0 Å². The summed E-state index contributed by atoms with van der Waals surface area (Å²) in [7, 11) is 0. The van der Waals surface area contributed by atoms with E-state index >= 15 is 0 Å². The summed E-state index contributed by atoms with van der Waals surface area (Å²) in [4.78, 5) is 0. The standard InChI is InChI=1S/C12H18BrNO/c1-3-8(2)10-5-4-9(6-11(10)13)12(15)7-14/h4-6,8,12,15H,3,7,14H2,1-2H3. The zero-order valence-corrected chi connectivity index (χ0v) is 10.8. The van der Waals surface area contributed by atoms with Crippen molar-refractivity contribution >= 4 is 15.9 Å². The molecule has 0 radical (unpaired) electrons. The predicted octanol–water partition coefficient (Wildman–Crippen LogP) is 2.95. The van der Waals surface area contributed by atoms with Crippen molar-refractivity contribution in [3.05, 3.63) is 33.8 Å². The minimum atomic E-state index is -0.563. The molecular formula is C12H18BrNO. The lowest BCUT2D eigenvalue weighted by Crippen LogP contribution is -2.11. The van der Waals surface area contributed by atoms with Gasteiger partial charge in [-0.05, 0) is 29.5 Å². The van der Waals surface area contributed by atoms with E-state index in [0.717, 1.165) is 16.5 Å². The van der Waals surface area contributed by atoms with Gasteiger partial charge < -0.3 is 10.8 Å². The molecule has 0 spiro atoms. The van der Waals surface area contributed by atoms with Gasteiger partial charge in [-0.1, -0.05) is 41.9 Å². The van der Waals surface area contributed by atoms with Crippen LogP contribution in [-0.2, 0) is 0 Å². The summed E-state index contributed by atoms with van der Waals surface area (Å²) in [5.41, 5.74) is 7.57. The topological polar surface area (TPSA) is 46.2 Å². The molecule has 0 aliphatic rings. The SMILES string of the molecule is CCC(C)c1ccc(C(O)CN)cc1Br. The second-order valence-corrected chi connectivity index (χ2v) is 4.70. The quantitative estimate of drug-likeness (QED) is 0.885. The van der Waals surface area contributed by atoms with Gasteiger partial charge in [0.05, 0.1) is 6.10 Å². The van der Waals surface area contributed by atoms with E-state index in [1.54, 1.807) is 0 Å². The normalized spacial score (nSPS) is 15.0. The van der Waals surface area contributed by atoms with Crippen LogP contribution < -0.4 is 5.73 Å². The van der Waals surface area contributed by atoms with Crippen LogP contribution in [0.5, 0.6) is 0 Å². The first-order valence-corrected chi connectivity index (χ1v) is 6.06. The minimum absolute atomic E-state index is 0.259. The molecule has 0 amide bonds. The summed E-state index contributed by atoms with van der Waals surface area (Å²) in [6, 6.07) is 5.97. The van der Waals surface area contributed by atoms with Crippen LogP contribution in [0.1, 0.15) is 43.4 Å². The highest BCUT2D eigenvalue weighted by Crippen LogP contribution is 2.29. The summed E-state index contributed by atoms with van der Waals surface area (Å²) in [5.74, 6) is 0.531. The number of halogens is 1. The maximum absolute atomic E-state index is 9.59. The molecule has 0 bridgehead atoms.